The van der Waals surface area contributed by atoms with Crippen molar-refractivity contribution in [3.63, 3.8) is 0 Å². The van der Waals surface area contributed by atoms with Crippen molar-refractivity contribution >= 4 is 34.3 Å². The van der Waals surface area contributed by atoms with E-state index in [0.717, 1.165) is 29.7 Å². The van der Waals surface area contributed by atoms with Gasteiger partial charge in [0.1, 0.15) is 5.56 Å². The third-order valence-corrected chi connectivity index (χ3v) is 7.29. The first-order chi connectivity index (χ1) is 17.0. The second kappa shape index (κ2) is 9.29. The van der Waals surface area contributed by atoms with Gasteiger partial charge >= 0.3 is 0 Å². The zero-order valence-corrected chi connectivity index (χ0v) is 19.7. The molecule has 1 fully saturated rings. The van der Waals surface area contributed by atoms with Crippen LogP contribution in [0.2, 0.25) is 0 Å². The maximum absolute atomic E-state index is 13.7. The predicted molar refractivity (Wildman–Crippen MR) is 141 cm³/mol. The van der Waals surface area contributed by atoms with Gasteiger partial charge in [0.05, 0.1) is 18.4 Å². The van der Waals surface area contributed by atoms with Crippen molar-refractivity contribution in [2.75, 3.05) is 18.2 Å². The third-order valence-electron chi connectivity index (χ3n) is 7.29. The number of aromatic nitrogens is 1. The van der Waals surface area contributed by atoms with Gasteiger partial charge in [-0.25, -0.2) is 0 Å². The molecule has 0 radical (unpaired) electrons. The number of amides is 1. The molecule has 178 valence electrons. The minimum atomic E-state index is -0.452. The molecular weight excluding hydrogens is 438 g/mol. The lowest BCUT2D eigenvalue weighted by Crippen LogP contribution is -2.32. The van der Waals surface area contributed by atoms with E-state index in [0.29, 0.717) is 35.1 Å². The summed E-state index contributed by atoms with van der Waals surface area (Å²) in [4.78, 5) is 26.9. The lowest BCUT2D eigenvalue weighted by Gasteiger charge is -2.26. The molecule has 3 unspecified atom stereocenters. The van der Waals surface area contributed by atoms with Gasteiger partial charge in [0, 0.05) is 29.2 Å². The zero-order chi connectivity index (χ0) is 24.5. The summed E-state index contributed by atoms with van der Waals surface area (Å²) in [7, 11) is 1.71. The number of benzene rings is 2. The third kappa shape index (κ3) is 4.16. The highest BCUT2D eigenvalue weighted by Gasteiger charge is 2.38. The highest BCUT2D eigenvalue weighted by atomic mass is 16.5. The maximum Gasteiger partial charge on any atom is 0.263 e. The van der Waals surface area contributed by atoms with Crippen molar-refractivity contribution in [3.8, 4) is 0 Å². The normalized spacial score (nSPS) is 20.8. The van der Waals surface area contributed by atoms with Crippen LogP contribution in [-0.4, -0.2) is 17.6 Å². The second-order valence-corrected chi connectivity index (χ2v) is 9.21. The molecule has 2 aliphatic rings. The van der Waals surface area contributed by atoms with Crippen LogP contribution in [0.1, 0.15) is 28.8 Å². The molecule has 5 rings (SSSR count). The molecule has 2 aliphatic carbocycles. The van der Waals surface area contributed by atoms with Gasteiger partial charge in [-0.3, -0.25) is 9.59 Å². The summed E-state index contributed by atoms with van der Waals surface area (Å²) in [5.74, 6) is 1.41. The van der Waals surface area contributed by atoms with E-state index >= 15 is 0 Å². The largest absolute Gasteiger partial charge is 0.501 e. The summed E-state index contributed by atoms with van der Waals surface area (Å²) >= 11 is 0. The number of hydrogen-bond acceptors (Lipinski definition) is 4. The number of nitrogens with one attached hydrogen (secondary N) is 1. The van der Waals surface area contributed by atoms with Crippen LogP contribution < -0.4 is 16.6 Å². The number of anilines is 2. The Labute approximate surface area is 204 Å². The van der Waals surface area contributed by atoms with Gasteiger partial charge in [-0.2, -0.15) is 0 Å². The highest BCUT2D eigenvalue weighted by Crippen LogP contribution is 2.45. The summed E-state index contributed by atoms with van der Waals surface area (Å²) in [6.45, 7) is 4.26. The molecule has 0 bridgehead atoms. The smallest absolute Gasteiger partial charge is 0.263 e. The first kappa shape index (κ1) is 22.7. The molecule has 1 aromatic heterocycles. The van der Waals surface area contributed by atoms with E-state index in [1.165, 1.54) is 0 Å². The monoisotopic (exact) mass is 467 g/mol. The molecule has 3 aromatic rings. The van der Waals surface area contributed by atoms with Crippen LogP contribution in [-0.2, 0) is 11.3 Å². The number of fused-ring (bicyclic) bond motifs is 2. The molecule has 6 heteroatoms. The summed E-state index contributed by atoms with van der Waals surface area (Å²) < 4.78 is 7.33. The van der Waals surface area contributed by atoms with Crippen LogP contribution in [0, 0.1) is 17.8 Å². The van der Waals surface area contributed by atoms with Crippen molar-refractivity contribution < 1.29 is 9.53 Å². The van der Waals surface area contributed by atoms with Gasteiger partial charge in [-0.1, -0.05) is 43.0 Å². The Kier molecular flexibility index (Phi) is 6.03. The van der Waals surface area contributed by atoms with E-state index in [1.54, 1.807) is 42.0 Å². The number of nitrogens with two attached hydrogens (primary N) is 1. The standard InChI is InChI=1S/C29H29N3O3/c1-3-18-10-13-20(14-11-18)31-28(33)24-16-23-25(30)7-5-8-26(23)32(29(24)34)17-19-12-15-22-21(19)6-4-9-27(22)35-2/h3-11,13-14,16,19,21-22H,1,12,15,17,30H2,2H3,(H,31,33). The molecule has 35 heavy (non-hydrogen) atoms. The Bertz CT molecular complexity index is 1420. The minimum absolute atomic E-state index is 0.0782. The summed E-state index contributed by atoms with van der Waals surface area (Å²) in [5, 5.41) is 3.55. The van der Waals surface area contributed by atoms with E-state index in [9.17, 15) is 9.59 Å². The van der Waals surface area contributed by atoms with Gasteiger partial charge in [-0.05, 0) is 66.6 Å². The molecule has 3 N–H and O–H groups in total. The molecular formula is C29H29N3O3. The Balaban J connectivity index is 1.52. The van der Waals surface area contributed by atoms with Crippen molar-refractivity contribution in [1.82, 2.24) is 4.57 Å². The summed E-state index contributed by atoms with van der Waals surface area (Å²) in [5.41, 5.74) is 8.89. The van der Waals surface area contributed by atoms with Gasteiger partial charge in [0.25, 0.3) is 11.5 Å². The fourth-order valence-corrected chi connectivity index (χ4v) is 5.47. The number of carbonyl (C=O) groups excluding carboxylic acids is 1. The Morgan fingerprint density at radius 2 is 2.03 bits per heavy atom. The van der Waals surface area contributed by atoms with Gasteiger partial charge < -0.3 is 20.4 Å². The van der Waals surface area contributed by atoms with Gasteiger partial charge in [-0.15, -0.1) is 0 Å². The lowest BCUT2D eigenvalue weighted by atomic mass is 9.85. The second-order valence-electron chi connectivity index (χ2n) is 9.21. The molecule has 3 atom stereocenters. The van der Waals surface area contributed by atoms with Gasteiger partial charge in [0.15, 0.2) is 0 Å². The number of ether oxygens (including phenoxy) is 1. The molecule has 1 saturated carbocycles. The number of carbonyl (C=O) groups is 1. The van der Waals surface area contributed by atoms with E-state index in [4.69, 9.17) is 10.5 Å². The first-order valence-electron chi connectivity index (χ1n) is 11.9. The van der Waals surface area contributed by atoms with Crippen LogP contribution in [0.4, 0.5) is 11.4 Å². The number of allylic oxidation sites excluding steroid dienone is 4. The van der Waals surface area contributed by atoms with E-state index < -0.39 is 5.91 Å². The topological polar surface area (TPSA) is 86.3 Å². The maximum atomic E-state index is 13.7. The van der Waals surface area contributed by atoms with Crippen molar-refractivity contribution in [1.29, 1.82) is 0 Å². The fourth-order valence-electron chi connectivity index (χ4n) is 5.47. The molecule has 2 aromatic carbocycles. The number of nitrogen functional groups attached to an aromatic ring is 1. The molecule has 0 aliphatic heterocycles. The van der Waals surface area contributed by atoms with Crippen LogP contribution in [0.15, 0.2) is 83.9 Å². The molecule has 1 heterocycles. The van der Waals surface area contributed by atoms with E-state index in [-0.39, 0.29) is 17.0 Å². The Morgan fingerprint density at radius 3 is 2.77 bits per heavy atom. The first-order valence-corrected chi connectivity index (χ1v) is 11.9. The average Bonchev–Trinajstić information content (AvgIpc) is 3.29. The van der Waals surface area contributed by atoms with Gasteiger partial charge in [0.2, 0.25) is 0 Å². The van der Waals surface area contributed by atoms with Crippen molar-refractivity contribution in [2.45, 2.75) is 19.4 Å². The summed E-state index contributed by atoms with van der Waals surface area (Å²) in [6.07, 6.45) is 10.0. The molecule has 1 amide bonds. The van der Waals surface area contributed by atoms with Crippen LogP contribution in [0.5, 0.6) is 0 Å². The average molecular weight is 468 g/mol. The molecule has 0 saturated heterocycles. The quantitative estimate of drug-likeness (QED) is 0.487. The minimum Gasteiger partial charge on any atom is -0.501 e. The number of rotatable bonds is 6. The SMILES string of the molecule is C=Cc1ccc(NC(=O)c2cc3c(N)cccc3n(CC3CCC4C(OC)=CC=CC34)c2=O)cc1. The van der Waals surface area contributed by atoms with E-state index in [2.05, 4.69) is 18.0 Å². The number of nitrogens with zero attached hydrogens (tertiary/aromatic N) is 1. The molecule has 6 nitrogen and oxygen atoms in total. The van der Waals surface area contributed by atoms with E-state index in [1.807, 2.05) is 36.4 Å². The fraction of sp³-hybridized carbons (Fsp3) is 0.241. The van der Waals surface area contributed by atoms with Crippen molar-refractivity contribution in [2.24, 2.45) is 17.8 Å². The van der Waals surface area contributed by atoms with Crippen molar-refractivity contribution in [3.05, 3.63) is 101 Å². The molecule has 0 spiro atoms. The zero-order valence-electron chi connectivity index (χ0n) is 19.7. The Morgan fingerprint density at radius 1 is 1.23 bits per heavy atom. The van der Waals surface area contributed by atoms with Crippen LogP contribution in [0.3, 0.4) is 0 Å². The lowest BCUT2D eigenvalue weighted by molar-refractivity contribution is 0.102. The van der Waals surface area contributed by atoms with Crippen LogP contribution >= 0.6 is 0 Å². The summed E-state index contributed by atoms with van der Waals surface area (Å²) in [6, 6.07) is 14.4. The number of pyridine rings is 1. The predicted octanol–water partition coefficient (Wildman–Crippen LogP) is 5.22. The number of hydrogen-bond donors (Lipinski definition) is 2. The number of methoxy groups -OCH3 is 1. The van der Waals surface area contributed by atoms with Crippen LogP contribution in [0.25, 0.3) is 17.0 Å². The Hall–Kier alpha value is -4.06. The highest BCUT2D eigenvalue weighted by molar-refractivity contribution is 6.07.